The number of benzene rings is 1. The van der Waals surface area contributed by atoms with Gasteiger partial charge < -0.3 is 10.5 Å². The van der Waals surface area contributed by atoms with Gasteiger partial charge in [0.15, 0.2) is 11.6 Å². The number of hydrogen-bond donors (Lipinski definition) is 1. The fraction of sp³-hybridized carbons (Fsp3) is 0.250. The Morgan fingerprint density at radius 2 is 2.17 bits per heavy atom. The zero-order valence-electron chi connectivity index (χ0n) is 6.71. The topological polar surface area (TPSA) is 35.2 Å². The highest BCUT2D eigenvalue weighted by Gasteiger charge is 2.05. The van der Waals surface area contributed by atoms with Crippen LogP contribution in [0.5, 0.6) is 5.75 Å². The SMILES string of the molecule is COc1cccc(CN)c1F.Cl. The third-order valence-electron chi connectivity index (χ3n) is 1.48. The standard InChI is InChI=1S/C8H10FNO.ClH/c1-11-7-4-2-3-6(5-10)8(7)9;/h2-4H,5,10H2,1H3;1H. The first-order valence-electron chi connectivity index (χ1n) is 3.31. The molecule has 0 unspecified atom stereocenters. The van der Waals surface area contributed by atoms with E-state index in [1.54, 1.807) is 18.2 Å². The average Bonchev–Trinajstić information content (AvgIpc) is 2.05. The van der Waals surface area contributed by atoms with Gasteiger partial charge >= 0.3 is 0 Å². The van der Waals surface area contributed by atoms with Crippen molar-refractivity contribution in [2.24, 2.45) is 5.73 Å². The van der Waals surface area contributed by atoms with E-state index in [-0.39, 0.29) is 30.5 Å². The number of nitrogens with two attached hydrogens (primary N) is 1. The molecule has 0 fully saturated rings. The van der Waals surface area contributed by atoms with E-state index in [4.69, 9.17) is 10.5 Å². The first kappa shape index (κ1) is 11.2. The number of methoxy groups -OCH3 is 1. The molecule has 0 saturated heterocycles. The second kappa shape index (κ2) is 4.95. The molecule has 2 nitrogen and oxygen atoms in total. The van der Waals surface area contributed by atoms with Crippen molar-refractivity contribution in [3.63, 3.8) is 0 Å². The summed E-state index contributed by atoms with van der Waals surface area (Å²) >= 11 is 0. The largest absolute Gasteiger partial charge is 0.494 e. The van der Waals surface area contributed by atoms with Gasteiger partial charge in [0.1, 0.15) is 0 Å². The molecule has 0 spiro atoms. The highest BCUT2D eigenvalue weighted by molar-refractivity contribution is 5.85. The van der Waals surface area contributed by atoms with E-state index in [1.807, 2.05) is 0 Å². The molecule has 2 N–H and O–H groups in total. The Balaban J connectivity index is 0.00000121. The zero-order valence-corrected chi connectivity index (χ0v) is 7.53. The Labute approximate surface area is 76.9 Å². The lowest BCUT2D eigenvalue weighted by molar-refractivity contribution is 0.384. The van der Waals surface area contributed by atoms with Gasteiger partial charge in [0.2, 0.25) is 0 Å². The molecule has 0 bridgehead atoms. The van der Waals surface area contributed by atoms with Crippen LogP contribution in [0.4, 0.5) is 4.39 Å². The molecule has 0 heterocycles. The van der Waals surface area contributed by atoms with Crippen LogP contribution in [-0.4, -0.2) is 7.11 Å². The van der Waals surface area contributed by atoms with E-state index in [1.165, 1.54) is 7.11 Å². The maximum atomic E-state index is 13.1. The molecule has 0 aliphatic heterocycles. The zero-order chi connectivity index (χ0) is 8.27. The predicted octanol–water partition coefficient (Wildman–Crippen LogP) is 1.71. The second-order valence-electron chi connectivity index (χ2n) is 2.14. The average molecular weight is 192 g/mol. The molecule has 1 aromatic carbocycles. The molecule has 4 heteroatoms. The second-order valence-corrected chi connectivity index (χ2v) is 2.14. The van der Waals surface area contributed by atoms with Crippen LogP contribution >= 0.6 is 12.4 Å². The third kappa shape index (κ3) is 2.09. The van der Waals surface area contributed by atoms with E-state index in [2.05, 4.69) is 0 Å². The van der Waals surface area contributed by atoms with Crippen LogP contribution in [0, 0.1) is 5.82 Å². The number of rotatable bonds is 2. The van der Waals surface area contributed by atoms with Gasteiger partial charge in [-0.05, 0) is 6.07 Å². The van der Waals surface area contributed by atoms with Crippen molar-refractivity contribution >= 4 is 12.4 Å². The van der Waals surface area contributed by atoms with Gasteiger partial charge in [-0.3, -0.25) is 0 Å². The normalized spacial score (nSPS) is 8.92. The van der Waals surface area contributed by atoms with E-state index >= 15 is 0 Å². The van der Waals surface area contributed by atoms with Crippen molar-refractivity contribution in [1.29, 1.82) is 0 Å². The van der Waals surface area contributed by atoms with Crippen LogP contribution in [0.3, 0.4) is 0 Å². The molecule has 0 aromatic heterocycles. The summed E-state index contributed by atoms with van der Waals surface area (Å²) in [4.78, 5) is 0. The minimum atomic E-state index is -0.363. The fourth-order valence-electron chi connectivity index (χ4n) is 0.872. The van der Waals surface area contributed by atoms with Crippen molar-refractivity contribution in [2.45, 2.75) is 6.54 Å². The summed E-state index contributed by atoms with van der Waals surface area (Å²) in [5.41, 5.74) is 5.75. The molecule has 0 saturated carbocycles. The lowest BCUT2D eigenvalue weighted by Crippen LogP contribution is -2.00. The van der Waals surface area contributed by atoms with E-state index in [0.717, 1.165) is 0 Å². The Bertz CT molecular complexity index is 233. The van der Waals surface area contributed by atoms with Gasteiger partial charge in [0.25, 0.3) is 0 Å². The van der Waals surface area contributed by atoms with Gasteiger partial charge in [-0.15, -0.1) is 12.4 Å². The summed E-state index contributed by atoms with van der Waals surface area (Å²) in [6.45, 7) is 0.197. The summed E-state index contributed by atoms with van der Waals surface area (Å²) < 4.78 is 17.8. The van der Waals surface area contributed by atoms with Crippen LogP contribution in [0.2, 0.25) is 0 Å². The van der Waals surface area contributed by atoms with Crippen LogP contribution < -0.4 is 10.5 Å². The lowest BCUT2D eigenvalue weighted by atomic mass is 10.2. The molecular weight excluding hydrogens is 181 g/mol. The molecular formula is C8H11ClFNO. The first-order valence-corrected chi connectivity index (χ1v) is 3.31. The monoisotopic (exact) mass is 191 g/mol. The summed E-state index contributed by atoms with van der Waals surface area (Å²) in [5.74, 6) is -0.120. The fourth-order valence-corrected chi connectivity index (χ4v) is 0.872. The van der Waals surface area contributed by atoms with Crippen LogP contribution in [0.25, 0.3) is 0 Å². The van der Waals surface area contributed by atoms with Crippen molar-refractivity contribution in [1.82, 2.24) is 0 Å². The molecule has 0 amide bonds. The van der Waals surface area contributed by atoms with Gasteiger partial charge in [-0.1, -0.05) is 12.1 Å². The summed E-state index contributed by atoms with van der Waals surface area (Å²) in [6.07, 6.45) is 0. The highest BCUT2D eigenvalue weighted by atomic mass is 35.5. The molecule has 1 aromatic rings. The maximum absolute atomic E-state index is 13.1. The molecule has 68 valence electrons. The molecule has 1 rings (SSSR count). The molecule has 0 aliphatic rings. The van der Waals surface area contributed by atoms with E-state index < -0.39 is 0 Å². The minimum Gasteiger partial charge on any atom is -0.494 e. The Hall–Kier alpha value is -0.800. The Morgan fingerprint density at radius 3 is 2.67 bits per heavy atom. The van der Waals surface area contributed by atoms with E-state index in [9.17, 15) is 4.39 Å². The van der Waals surface area contributed by atoms with Gasteiger partial charge in [-0.25, -0.2) is 4.39 Å². The summed E-state index contributed by atoms with van der Waals surface area (Å²) in [7, 11) is 1.43. The van der Waals surface area contributed by atoms with Gasteiger partial charge in [0, 0.05) is 12.1 Å². The van der Waals surface area contributed by atoms with Crippen molar-refractivity contribution in [3.05, 3.63) is 29.6 Å². The quantitative estimate of drug-likeness (QED) is 0.773. The smallest absolute Gasteiger partial charge is 0.169 e. The van der Waals surface area contributed by atoms with Crippen molar-refractivity contribution < 1.29 is 9.13 Å². The summed E-state index contributed by atoms with van der Waals surface area (Å²) in [5, 5.41) is 0. The summed E-state index contributed by atoms with van der Waals surface area (Å²) in [6, 6.07) is 4.91. The van der Waals surface area contributed by atoms with Crippen molar-refractivity contribution in [3.8, 4) is 5.75 Å². The minimum absolute atomic E-state index is 0. The molecule has 0 atom stereocenters. The number of ether oxygens (including phenoxy) is 1. The lowest BCUT2D eigenvalue weighted by Gasteiger charge is -2.03. The predicted molar refractivity (Wildman–Crippen MR) is 48.1 cm³/mol. The highest BCUT2D eigenvalue weighted by Crippen LogP contribution is 2.18. The molecule has 0 radical (unpaired) electrons. The van der Waals surface area contributed by atoms with E-state index in [0.29, 0.717) is 5.56 Å². The number of hydrogen-bond acceptors (Lipinski definition) is 2. The van der Waals surface area contributed by atoms with Crippen molar-refractivity contribution in [2.75, 3.05) is 7.11 Å². The van der Waals surface area contributed by atoms with Gasteiger partial charge in [-0.2, -0.15) is 0 Å². The number of halogens is 2. The Kier molecular flexibility index (Phi) is 4.62. The first-order chi connectivity index (χ1) is 5.29. The molecule has 12 heavy (non-hydrogen) atoms. The maximum Gasteiger partial charge on any atom is 0.169 e. The van der Waals surface area contributed by atoms with Gasteiger partial charge in [0.05, 0.1) is 7.11 Å². The van der Waals surface area contributed by atoms with Crippen LogP contribution in [0.15, 0.2) is 18.2 Å². The van der Waals surface area contributed by atoms with Crippen LogP contribution in [0.1, 0.15) is 5.56 Å². The molecule has 0 aliphatic carbocycles. The third-order valence-corrected chi connectivity index (χ3v) is 1.48. The van der Waals surface area contributed by atoms with Crippen LogP contribution in [-0.2, 0) is 6.54 Å². The Morgan fingerprint density at radius 1 is 1.50 bits per heavy atom.